The number of aromatic nitrogens is 1. The Balaban J connectivity index is 1.62. The first-order valence-electron chi connectivity index (χ1n) is 12.6. The van der Waals surface area contributed by atoms with Crippen molar-refractivity contribution < 1.29 is 19.0 Å². The van der Waals surface area contributed by atoms with Crippen molar-refractivity contribution >= 4 is 16.6 Å². The first-order valence-corrected chi connectivity index (χ1v) is 12.6. The van der Waals surface area contributed by atoms with E-state index in [1.165, 1.54) is 0 Å². The van der Waals surface area contributed by atoms with Gasteiger partial charge in [0, 0.05) is 40.6 Å². The summed E-state index contributed by atoms with van der Waals surface area (Å²) in [5, 5.41) is 5.79. The summed E-state index contributed by atoms with van der Waals surface area (Å²) in [7, 11) is 7.33. The fourth-order valence-corrected chi connectivity index (χ4v) is 4.74. The predicted molar refractivity (Wildman–Crippen MR) is 152 cm³/mol. The molecule has 38 heavy (non-hydrogen) atoms. The number of hydrogen-bond donors (Lipinski definition) is 1. The van der Waals surface area contributed by atoms with Crippen LogP contribution in [0.2, 0.25) is 0 Å². The van der Waals surface area contributed by atoms with Gasteiger partial charge in [-0.05, 0) is 50.0 Å². The lowest BCUT2D eigenvalue weighted by molar-refractivity contribution is 0.0610. The maximum atomic E-state index is 6.23. The Bertz CT molecular complexity index is 1470. The number of ether oxygens (including phenoxy) is 3. The van der Waals surface area contributed by atoms with Crippen molar-refractivity contribution in [1.82, 2.24) is 9.88 Å². The molecule has 0 radical (unpaired) electrons. The Hall–Kier alpha value is -4.23. The molecule has 1 atom stereocenters. The van der Waals surface area contributed by atoms with Crippen molar-refractivity contribution in [3.8, 4) is 28.5 Å². The van der Waals surface area contributed by atoms with Gasteiger partial charge in [-0.2, -0.15) is 0 Å². The molecule has 1 unspecified atom stereocenters. The number of likely N-dealkylation sites (N-methyl/N-ethyl adjacent to an activating group) is 1. The van der Waals surface area contributed by atoms with Crippen LogP contribution >= 0.6 is 0 Å². The monoisotopic (exact) mass is 511 g/mol. The lowest BCUT2D eigenvalue weighted by Crippen LogP contribution is -2.19. The molecule has 3 aromatic carbocycles. The van der Waals surface area contributed by atoms with Crippen molar-refractivity contribution in [2.24, 2.45) is 5.16 Å². The Labute approximate surface area is 223 Å². The minimum absolute atomic E-state index is 0.260. The molecular formula is C31H33N3O4. The lowest BCUT2D eigenvalue weighted by atomic mass is 10.1. The van der Waals surface area contributed by atoms with Gasteiger partial charge in [0.05, 0.1) is 19.9 Å². The number of nitrogens with zero attached hydrogens (tertiary/aromatic N) is 2. The third-order valence-corrected chi connectivity index (χ3v) is 6.69. The average Bonchev–Trinajstić information content (AvgIpc) is 3.44. The first-order chi connectivity index (χ1) is 18.5. The number of oxime groups is 1. The molecule has 196 valence electrons. The second-order valence-electron chi connectivity index (χ2n) is 9.46. The molecule has 0 fully saturated rings. The maximum absolute atomic E-state index is 6.23. The zero-order valence-electron chi connectivity index (χ0n) is 22.3. The number of hydrogen-bond acceptors (Lipinski definition) is 6. The predicted octanol–water partition coefficient (Wildman–Crippen LogP) is 6.19. The normalized spacial score (nSPS) is 13.9. The second-order valence-corrected chi connectivity index (χ2v) is 9.46. The van der Waals surface area contributed by atoms with Crippen LogP contribution < -0.4 is 14.2 Å². The first kappa shape index (κ1) is 25.4. The Morgan fingerprint density at radius 1 is 0.974 bits per heavy atom. The average molecular weight is 512 g/mol. The minimum atomic E-state index is -0.260. The van der Waals surface area contributed by atoms with Gasteiger partial charge in [0.15, 0.2) is 17.6 Å². The fraction of sp³-hybridized carbons (Fsp3) is 0.258. The van der Waals surface area contributed by atoms with Gasteiger partial charge in [0.25, 0.3) is 0 Å². The summed E-state index contributed by atoms with van der Waals surface area (Å²) >= 11 is 0. The molecule has 5 rings (SSSR count). The van der Waals surface area contributed by atoms with E-state index in [0.29, 0.717) is 24.5 Å². The molecule has 1 aliphatic rings. The summed E-state index contributed by atoms with van der Waals surface area (Å²) in [5.74, 6) is 2.09. The molecule has 0 bridgehead atoms. The summed E-state index contributed by atoms with van der Waals surface area (Å²) < 4.78 is 17.3. The van der Waals surface area contributed by atoms with Gasteiger partial charge >= 0.3 is 0 Å². The largest absolute Gasteiger partial charge is 0.493 e. The molecule has 0 saturated heterocycles. The van der Waals surface area contributed by atoms with Crippen molar-refractivity contribution in [2.45, 2.75) is 12.5 Å². The molecule has 1 aliphatic carbocycles. The number of methoxy groups -OCH3 is 2. The summed E-state index contributed by atoms with van der Waals surface area (Å²) in [6.07, 6.45) is 2.22. The van der Waals surface area contributed by atoms with Crippen LogP contribution in [-0.4, -0.2) is 57.1 Å². The highest BCUT2D eigenvalue weighted by atomic mass is 16.6. The van der Waals surface area contributed by atoms with Gasteiger partial charge in [0.2, 0.25) is 0 Å². The van der Waals surface area contributed by atoms with Crippen LogP contribution in [0.5, 0.6) is 17.2 Å². The number of H-pyrrole nitrogens is 1. The van der Waals surface area contributed by atoms with E-state index in [0.717, 1.165) is 56.9 Å². The molecule has 1 heterocycles. The van der Waals surface area contributed by atoms with E-state index in [1.807, 2.05) is 74.8 Å². The van der Waals surface area contributed by atoms with E-state index in [1.54, 1.807) is 14.2 Å². The third kappa shape index (κ3) is 4.85. The summed E-state index contributed by atoms with van der Waals surface area (Å²) in [4.78, 5) is 11.9. The number of rotatable bonds is 11. The standard InChI is InChI=1S/C31H33N3O4/c1-6-10-26(20-11-8-7-9-12-20)38-33-31-23-19-28(36-5)27(35-4)18-22(23)30-29(31)24-17-21(13-14-25(24)32-30)37-16-15-34(2)3/h6-9,11-14,17-19,26,32H,1,10,15-16H2,2-5H3. The van der Waals surface area contributed by atoms with Crippen LogP contribution in [0.25, 0.3) is 22.2 Å². The quantitative estimate of drug-likeness (QED) is 0.169. The molecule has 4 aromatic rings. The molecular weight excluding hydrogens is 478 g/mol. The minimum Gasteiger partial charge on any atom is -0.493 e. The van der Waals surface area contributed by atoms with E-state index in [4.69, 9.17) is 24.2 Å². The Morgan fingerprint density at radius 2 is 1.71 bits per heavy atom. The van der Waals surface area contributed by atoms with E-state index in [2.05, 4.69) is 22.5 Å². The highest BCUT2D eigenvalue weighted by molar-refractivity contribution is 6.30. The van der Waals surface area contributed by atoms with E-state index >= 15 is 0 Å². The molecule has 0 spiro atoms. The van der Waals surface area contributed by atoms with Crippen molar-refractivity contribution in [3.63, 3.8) is 0 Å². The van der Waals surface area contributed by atoms with Crippen LogP contribution in [0.1, 0.15) is 29.2 Å². The Morgan fingerprint density at radius 3 is 2.39 bits per heavy atom. The van der Waals surface area contributed by atoms with Crippen molar-refractivity contribution in [3.05, 3.63) is 90.0 Å². The lowest BCUT2D eigenvalue weighted by Gasteiger charge is -2.15. The van der Waals surface area contributed by atoms with Crippen LogP contribution in [-0.2, 0) is 4.84 Å². The van der Waals surface area contributed by atoms with Crippen molar-refractivity contribution in [2.75, 3.05) is 41.5 Å². The van der Waals surface area contributed by atoms with Crippen LogP contribution in [0.4, 0.5) is 0 Å². The zero-order chi connectivity index (χ0) is 26.6. The fourth-order valence-electron chi connectivity index (χ4n) is 4.74. The molecule has 0 aliphatic heterocycles. The third-order valence-electron chi connectivity index (χ3n) is 6.69. The van der Waals surface area contributed by atoms with Gasteiger partial charge in [-0.15, -0.1) is 6.58 Å². The molecule has 7 heteroatoms. The summed E-state index contributed by atoms with van der Waals surface area (Å²) in [6.45, 7) is 5.35. The van der Waals surface area contributed by atoms with E-state index in [9.17, 15) is 0 Å². The van der Waals surface area contributed by atoms with Gasteiger partial charge in [-0.1, -0.05) is 41.6 Å². The number of fused-ring (bicyclic) bond motifs is 5. The smallest absolute Gasteiger partial charge is 0.161 e. The van der Waals surface area contributed by atoms with Gasteiger partial charge in [-0.25, -0.2) is 0 Å². The van der Waals surface area contributed by atoms with Crippen LogP contribution in [0.15, 0.2) is 78.5 Å². The zero-order valence-corrected chi connectivity index (χ0v) is 22.3. The highest BCUT2D eigenvalue weighted by Crippen LogP contribution is 2.46. The van der Waals surface area contributed by atoms with Gasteiger partial charge in [-0.3, -0.25) is 0 Å². The number of aromatic amines is 1. The SMILES string of the molecule is C=CCC(ON=C1c2cc(OC)c(OC)cc2-c2[nH]c3ccc(OCCN(C)C)cc3c21)c1ccccc1. The molecule has 7 nitrogen and oxygen atoms in total. The summed E-state index contributed by atoms with van der Waals surface area (Å²) in [6, 6.07) is 20.1. The van der Waals surface area contributed by atoms with Gasteiger partial charge in [0.1, 0.15) is 18.1 Å². The molecule has 0 amide bonds. The summed E-state index contributed by atoms with van der Waals surface area (Å²) in [5.41, 5.74) is 6.59. The van der Waals surface area contributed by atoms with E-state index < -0.39 is 0 Å². The van der Waals surface area contributed by atoms with Gasteiger partial charge < -0.3 is 28.9 Å². The topological polar surface area (TPSA) is 68.3 Å². The van der Waals surface area contributed by atoms with Crippen LogP contribution in [0, 0.1) is 0 Å². The highest BCUT2D eigenvalue weighted by Gasteiger charge is 2.32. The number of nitrogens with one attached hydrogen (secondary N) is 1. The van der Waals surface area contributed by atoms with Crippen LogP contribution in [0.3, 0.4) is 0 Å². The molecule has 1 N–H and O–H groups in total. The molecule has 1 aromatic heterocycles. The maximum Gasteiger partial charge on any atom is 0.161 e. The Kier molecular flexibility index (Phi) is 7.38. The van der Waals surface area contributed by atoms with Crippen molar-refractivity contribution in [1.29, 1.82) is 0 Å². The second kappa shape index (κ2) is 11.0. The van der Waals surface area contributed by atoms with E-state index in [-0.39, 0.29) is 6.10 Å². The number of benzene rings is 3. The molecule has 0 saturated carbocycles.